The highest BCUT2D eigenvalue weighted by atomic mass is 32.2. The van der Waals surface area contributed by atoms with Gasteiger partial charge in [-0.2, -0.15) is 4.31 Å². The van der Waals surface area contributed by atoms with E-state index in [9.17, 15) is 18.0 Å². The molecule has 1 aromatic rings. The summed E-state index contributed by atoms with van der Waals surface area (Å²) in [6.07, 6.45) is -0.0103. The van der Waals surface area contributed by atoms with Gasteiger partial charge in [0.15, 0.2) is 6.10 Å². The number of rotatable bonds is 6. The van der Waals surface area contributed by atoms with Crippen molar-refractivity contribution in [3.05, 3.63) is 29.8 Å². The van der Waals surface area contributed by atoms with Crippen LogP contribution in [0.15, 0.2) is 29.2 Å². The van der Waals surface area contributed by atoms with Gasteiger partial charge in [0.2, 0.25) is 10.0 Å². The predicted molar refractivity (Wildman–Crippen MR) is 92.3 cm³/mol. The van der Waals surface area contributed by atoms with E-state index in [0.717, 1.165) is 5.56 Å². The summed E-state index contributed by atoms with van der Waals surface area (Å²) >= 11 is 0. The van der Waals surface area contributed by atoms with Crippen molar-refractivity contribution < 1.29 is 22.7 Å². The lowest BCUT2D eigenvalue weighted by atomic mass is 10.2. The maximum Gasteiger partial charge on any atom is 0.325 e. The lowest BCUT2D eigenvalue weighted by Gasteiger charge is -2.24. The largest absolute Gasteiger partial charge is 0.451 e. The molecule has 0 radical (unpaired) electrons. The molecule has 1 saturated heterocycles. The third-order valence-electron chi connectivity index (χ3n) is 4.12. The summed E-state index contributed by atoms with van der Waals surface area (Å²) in [4.78, 5) is 24.3. The van der Waals surface area contributed by atoms with E-state index in [1.165, 1.54) is 23.4 Å². The summed E-state index contributed by atoms with van der Waals surface area (Å²) in [6, 6.07) is 5.59. The molecule has 8 heteroatoms. The van der Waals surface area contributed by atoms with Crippen molar-refractivity contribution in [3.63, 3.8) is 0 Å². The van der Waals surface area contributed by atoms with Crippen LogP contribution in [0.1, 0.15) is 32.3 Å². The fraction of sp³-hybridized carbons (Fsp3) is 0.529. The fourth-order valence-electron chi connectivity index (χ4n) is 2.73. The third-order valence-corrected chi connectivity index (χ3v) is 6.04. The van der Waals surface area contributed by atoms with Gasteiger partial charge in [-0.15, -0.1) is 0 Å². The molecule has 25 heavy (non-hydrogen) atoms. The molecule has 1 aliphatic rings. The molecule has 1 aliphatic heterocycles. The second-order valence-electron chi connectivity index (χ2n) is 6.06. The van der Waals surface area contributed by atoms with Gasteiger partial charge in [0.05, 0.1) is 4.90 Å². The monoisotopic (exact) mass is 368 g/mol. The van der Waals surface area contributed by atoms with E-state index in [2.05, 4.69) is 5.32 Å². The molecule has 1 fully saturated rings. The van der Waals surface area contributed by atoms with Gasteiger partial charge in [-0.05, 0) is 45.7 Å². The Balaban J connectivity index is 2.15. The van der Waals surface area contributed by atoms with Crippen LogP contribution in [-0.2, 0) is 24.3 Å². The molecule has 0 aromatic heterocycles. The number of hydrogen-bond acceptors (Lipinski definition) is 5. The fourth-order valence-corrected chi connectivity index (χ4v) is 4.38. The van der Waals surface area contributed by atoms with E-state index in [0.29, 0.717) is 19.4 Å². The first-order valence-corrected chi connectivity index (χ1v) is 9.78. The maximum absolute atomic E-state index is 12.8. The van der Waals surface area contributed by atoms with E-state index in [-0.39, 0.29) is 11.4 Å². The molecule has 0 bridgehead atoms. The minimum atomic E-state index is -3.78. The Morgan fingerprint density at radius 2 is 1.96 bits per heavy atom. The number of nitrogens with zero attached hydrogens (tertiary/aromatic N) is 1. The summed E-state index contributed by atoms with van der Waals surface area (Å²) in [5.41, 5.74) is 0.951. The van der Waals surface area contributed by atoms with Crippen molar-refractivity contribution in [2.45, 2.75) is 50.7 Å². The number of amides is 1. The molecular weight excluding hydrogens is 344 g/mol. The zero-order chi connectivity index (χ0) is 18.6. The van der Waals surface area contributed by atoms with Crippen molar-refractivity contribution >= 4 is 21.9 Å². The lowest BCUT2D eigenvalue weighted by Crippen LogP contribution is -2.44. The minimum Gasteiger partial charge on any atom is -0.451 e. The number of nitrogens with one attached hydrogen (secondary N) is 1. The van der Waals surface area contributed by atoms with Gasteiger partial charge in [0, 0.05) is 13.1 Å². The second kappa shape index (κ2) is 7.97. The molecule has 7 nitrogen and oxygen atoms in total. The van der Waals surface area contributed by atoms with Gasteiger partial charge < -0.3 is 10.1 Å². The van der Waals surface area contributed by atoms with Crippen LogP contribution in [0, 0.1) is 6.92 Å². The zero-order valence-electron chi connectivity index (χ0n) is 14.7. The van der Waals surface area contributed by atoms with Crippen LogP contribution in [-0.4, -0.2) is 49.8 Å². The molecule has 0 unspecified atom stereocenters. The predicted octanol–water partition coefficient (Wildman–Crippen LogP) is 1.22. The maximum atomic E-state index is 12.8. The normalized spacial score (nSPS) is 19.4. The number of carbonyl (C=O) groups excluding carboxylic acids is 2. The van der Waals surface area contributed by atoms with Crippen LogP contribution in [0.3, 0.4) is 0 Å². The summed E-state index contributed by atoms with van der Waals surface area (Å²) in [5, 5.41) is 2.57. The molecule has 1 heterocycles. The van der Waals surface area contributed by atoms with Crippen molar-refractivity contribution in [2.75, 3.05) is 13.1 Å². The number of esters is 1. The molecule has 0 aliphatic carbocycles. The number of hydrogen-bond donors (Lipinski definition) is 1. The lowest BCUT2D eigenvalue weighted by molar-refractivity contribution is -0.157. The first-order chi connectivity index (χ1) is 11.8. The SMILES string of the molecule is CCNC(=O)[C@H](C)OC(=O)[C@@H]1CCCN1S(=O)(=O)c1ccc(C)cc1. The Morgan fingerprint density at radius 3 is 2.56 bits per heavy atom. The molecular formula is C17H24N2O5S. The van der Waals surface area contributed by atoms with E-state index >= 15 is 0 Å². The highest BCUT2D eigenvalue weighted by Gasteiger charge is 2.41. The smallest absolute Gasteiger partial charge is 0.325 e. The number of sulfonamides is 1. The van der Waals surface area contributed by atoms with Crippen molar-refractivity contribution in [1.29, 1.82) is 0 Å². The Kier molecular flexibility index (Phi) is 6.18. The first kappa shape index (κ1) is 19.4. The summed E-state index contributed by atoms with van der Waals surface area (Å²) in [6.45, 7) is 5.79. The number of aryl methyl sites for hydroxylation is 1. The molecule has 1 amide bonds. The van der Waals surface area contributed by atoms with Crippen LogP contribution in [0.25, 0.3) is 0 Å². The van der Waals surface area contributed by atoms with Gasteiger partial charge in [-0.1, -0.05) is 17.7 Å². The van der Waals surface area contributed by atoms with Crippen LogP contribution >= 0.6 is 0 Å². The quantitative estimate of drug-likeness (QED) is 0.762. The van der Waals surface area contributed by atoms with Gasteiger partial charge in [0.25, 0.3) is 5.91 Å². The molecule has 138 valence electrons. The van der Waals surface area contributed by atoms with Gasteiger partial charge >= 0.3 is 5.97 Å². The van der Waals surface area contributed by atoms with Crippen LogP contribution < -0.4 is 5.32 Å². The van der Waals surface area contributed by atoms with Gasteiger partial charge in [-0.25, -0.2) is 8.42 Å². The second-order valence-corrected chi connectivity index (χ2v) is 7.95. The third kappa shape index (κ3) is 4.38. The molecule has 1 N–H and O–H groups in total. The number of carbonyl (C=O) groups is 2. The van der Waals surface area contributed by atoms with Gasteiger partial charge in [-0.3, -0.25) is 9.59 Å². The number of benzene rings is 1. The molecule has 2 rings (SSSR count). The highest BCUT2D eigenvalue weighted by Crippen LogP contribution is 2.27. The zero-order valence-corrected chi connectivity index (χ0v) is 15.5. The van der Waals surface area contributed by atoms with E-state index in [4.69, 9.17) is 4.74 Å². The van der Waals surface area contributed by atoms with E-state index in [1.807, 2.05) is 6.92 Å². The van der Waals surface area contributed by atoms with Crippen molar-refractivity contribution in [2.24, 2.45) is 0 Å². The molecule has 0 spiro atoms. The number of ether oxygens (including phenoxy) is 1. The average molecular weight is 368 g/mol. The molecule has 0 saturated carbocycles. The summed E-state index contributed by atoms with van der Waals surface area (Å²) in [5.74, 6) is -1.09. The summed E-state index contributed by atoms with van der Waals surface area (Å²) < 4.78 is 32.0. The Hall–Kier alpha value is -1.93. The van der Waals surface area contributed by atoms with Crippen LogP contribution in [0.5, 0.6) is 0 Å². The Morgan fingerprint density at radius 1 is 1.32 bits per heavy atom. The van der Waals surface area contributed by atoms with Crippen LogP contribution in [0.4, 0.5) is 0 Å². The van der Waals surface area contributed by atoms with E-state index in [1.54, 1.807) is 19.1 Å². The number of likely N-dealkylation sites (N-methyl/N-ethyl adjacent to an activating group) is 1. The highest BCUT2D eigenvalue weighted by molar-refractivity contribution is 7.89. The Labute approximate surface area is 148 Å². The first-order valence-electron chi connectivity index (χ1n) is 8.34. The average Bonchev–Trinajstić information content (AvgIpc) is 3.06. The summed E-state index contributed by atoms with van der Waals surface area (Å²) in [7, 11) is -3.78. The van der Waals surface area contributed by atoms with E-state index < -0.39 is 34.0 Å². The van der Waals surface area contributed by atoms with Crippen molar-refractivity contribution in [3.8, 4) is 0 Å². The molecule has 1 aromatic carbocycles. The Bertz CT molecular complexity index is 730. The minimum absolute atomic E-state index is 0.148. The topological polar surface area (TPSA) is 92.8 Å². The van der Waals surface area contributed by atoms with Crippen molar-refractivity contribution in [1.82, 2.24) is 9.62 Å². The van der Waals surface area contributed by atoms with Gasteiger partial charge in [0.1, 0.15) is 6.04 Å². The standard InChI is InChI=1S/C17H24N2O5S/c1-4-18-16(20)13(3)24-17(21)15-6-5-11-19(15)25(22,23)14-9-7-12(2)8-10-14/h7-10,13,15H,4-6,11H2,1-3H3,(H,18,20)/t13-,15-/m0/s1. The molecule has 2 atom stereocenters. The van der Waals surface area contributed by atoms with Crippen LogP contribution in [0.2, 0.25) is 0 Å².